The Morgan fingerprint density at radius 2 is 1.76 bits per heavy atom. The molecule has 1 fully saturated rings. The fourth-order valence-electron chi connectivity index (χ4n) is 2.81. The smallest absolute Gasteiger partial charge is 0.289 e. The number of sulfonamides is 1. The van der Waals surface area contributed by atoms with Crippen LogP contribution in [0.5, 0.6) is 0 Å². The molecule has 25 heavy (non-hydrogen) atoms. The molecule has 0 N–H and O–H groups in total. The van der Waals surface area contributed by atoms with Crippen molar-refractivity contribution in [3.63, 3.8) is 0 Å². The van der Waals surface area contributed by atoms with Gasteiger partial charge < -0.3 is 9.32 Å². The van der Waals surface area contributed by atoms with Gasteiger partial charge in [0.2, 0.25) is 10.0 Å². The van der Waals surface area contributed by atoms with E-state index in [9.17, 15) is 17.6 Å². The van der Waals surface area contributed by atoms with Crippen LogP contribution in [0.4, 0.5) is 4.39 Å². The quantitative estimate of drug-likeness (QED) is 0.835. The van der Waals surface area contributed by atoms with E-state index in [1.54, 1.807) is 29.2 Å². The Labute approximate surface area is 145 Å². The number of benzene rings is 1. The van der Waals surface area contributed by atoms with Crippen molar-refractivity contribution >= 4 is 15.9 Å². The van der Waals surface area contributed by atoms with Crippen LogP contribution in [-0.2, 0) is 10.0 Å². The summed E-state index contributed by atoms with van der Waals surface area (Å²) in [4.78, 5) is 14.2. The third kappa shape index (κ3) is 4.08. The summed E-state index contributed by atoms with van der Waals surface area (Å²) < 4.78 is 43.3. The summed E-state index contributed by atoms with van der Waals surface area (Å²) in [7, 11) is -3.26. The van der Waals surface area contributed by atoms with Crippen LogP contribution in [0.25, 0.3) is 11.3 Å². The number of hydrogen-bond donors (Lipinski definition) is 0. The topological polar surface area (TPSA) is 70.8 Å². The molecule has 1 aromatic heterocycles. The molecule has 134 valence electrons. The molecule has 1 saturated heterocycles. The van der Waals surface area contributed by atoms with Crippen LogP contribution in [0.2, 0.25) is 0 Å². The number of amides is 1. The number of hydrogen-bond acceptors (Lipinski definition) is 4. The highest BCUT2D eigenvalue weighted by Gasteiger charge is 2.26. The van der Waals surface area contributed by atoms with Gasteiger partial charge >= 0.3 is 0 Å². The monoisotopic (exact) mass is 366 g/mol. The predicted molar refractivity (Wildman–Crippen MR) is 91.0 cm³/mol. The van der Waals surface area contributed by atoms with E-state index >= 15 is 0 Å². The van der Waals surface area contributed by atoms with Gasteiger partial charge in [0.1, 0.15) is 11.6 Å². The maximum absolute atomic E-state index is 13.0. The normalized spacial score (nSPS) is 16.6. The van der Waals surface area contributed by atoms with Gasteiger partial charge in [0, 0.05) is 31.7 Å². The Hall–Kier alpha value is -2.19. The van der Waals surface area contributed by atoms with E-state index in [0.717, 1.165) is 0 Å². The number of furan rings is 1. The second-order valence-corrected chi connectivity index (χ2v) is 7.96. The fraction of sp³-hybridized carbons (Fsp3) is 0.353. The predicted octanol–water partition coefficient (Wildman–Crippen LogP) is 2.19. The summed E-state index contributed by atoms with van der Waals surface area (Å²) in [6.07, 6.45) is 1.75. The molecule has 0 saturated carbocycles. The van der Waals surface area contributed by atoms with Gasteiger partial charge in [-0.05, 0) is 42.8 Å². The van der Waals surface area contributed by atoms with Crippen molar-refractivity contribution < 1.29 is 22.0 Å². The number of halogens is 1. The average molecular weight is 366 g/mol. The van der Waals surface area contributed by atoms with Gasteiger partial charge in [0.15, 0.2) is 5.76 Å². The number of rotatable bonds is 3. The van der Waals surface area contributed by atoms with Gasteiger partial charge in [0.05, 0.1) is 6.26 Å². The summed E-state index contributed by atoms with van der Waals surface area (Å²) in [6, 6.07) is 9.07. The molecule has 0 radical (unpaired) electrons. The van der Waals surface area contributed by atoms with Crippen LogP contribution in [0, 0.1) is 5.82 Å². The van der Waals surface area contributed by atoms with Crippen LogP contribution >= 0.6 is 0 Å². The maximum atomic E-state index is 13.0. The lowest BCUT2D eigenvalue weighted by Crippen LogP contribution is -2.36. The third-order valence-electron chi connectivity index (χ3n) is 4.16. The van der Waals surface area contributed by atoms with Gasteiger partial charge in [-0.2, -0.15) is 0 Å². The molecule has 0 atom stereocenters. The van der Waals surface area contributed by atoms with E-state index in [1.807, 2.05) is 0 Å². The Bertz CT molecular complexity index is 861. The molecule has 3 rings (SSSR count). The van der Waals surface area contributed by atoms with E-state index < -0.39 is 10.0 Å². The first kappa shape index (κ1) is 17.6. The average Bonchev–Trinajstić information content (AvgIpc) is 2.91. The van der Waals surface area contributed by atoms with Crippen molar-refractivity contribution in [3.8, 4) is 11.3 Å². The number of carbonyl (C=O) groups excluding carboxylic acids is 1. The van der Waals surface area contributed by atoms with Gasteiger partial charge in [-0.3, -0.25) is 4.79 Å². The summed E-state index contributed by atoms with van der Waals surface area (Å²) in [6.45, 7) is 1.47. The van der Waals surface area contributed by atoms with Gasteiger partial charge in [-0.1, -0.05) is 0 Å². The molecular formula is C17H19FN2O4S. The van der Waals surface area contributed by atoms with Crippen LogP contribution in [-0.4, -0.2) is 56.0 Å². The standard InChI is InChI=1S/C17H19FN2O4S/c1-25(22,23)20-10-2-9-19(11-12-20)17(21)16-8-7-15(24-16)13-3-5-14(18)6-4-13/h3-8H,2,9-12H2,1H3. The molecular weight excluding hydrogens is 347 g/mol. The molecule has 2 aromatic rings. The minimum atomic E-state index is -3.26. The molecule has 0 unspecified atom stereocenters. The minimum absolute atomic E-state index is 0.187. The van der Waals surface area contributed by atoms with E-state index in [2.05, 4.69) is 0 Å². The molecule has 1 aromatic carbocycles. The number of nitrogens with zero attached hydrogens (tertiary/aromatic N) is 2. The van der Waals surface area contributed by atoms with Gasteiger partial charge in [-0.25, -0.2) is 17.1 Å². The minimum Gasteiger partial charge on any atom is -0.451 e. The fourth-order valence-corrected chi connectivity index (χ4v) is 3.68. The Balaban J connectivity index is 1.72. The van der Waals surface area contributed by atoms with Crippen LogP contribution in [0.15, 0.2) is 40.8 Å². The molecule has 1 aliphatic rings. The Kier molecular flexibility index (Phi) is 4.91. The first-order valence-corrected chi connectivity index (χ1v) is 9.79. The summed E-state index contributed by atoms with van der Waals surface area (Å²) in [5.74, 6) is 0.0541. The molecule has 1 amide bonds. The van der Waals surface area contributed by atoms with E-state index in [4.69, 9.17) is 4.42 Å². The number of carbonyl (C=O) groups is 1. The summed E-state index contributed by atoms with van der Waals surface area (Å²) >= 11 is 0. The third-order valence-corrected chi connectivity index (χ3v) is 5.46. The summed E-state index contributed by atoms with van der Waals surface area (Å²) in [5.41, 5.74) is 0.680. The van der Waals surface area contributed by atoms with Crippen molar-refractivity contribution in [2.24, 2.45) is 0 Å². The summed E-state index contributed by atoms with van der Waals surface area (Å²) in [5, 5.41) is 0. The Morgan fingerprint density at radius 1 is 1.04 bits per heavy atom. The molecule has 6 nitrogen and oxygen atoms in total. The van der Waals surface area contributed by atoms with Crippen molar-refractivity contribution in [2.45, 2.75) is 6.42 Å². The van der Waals surface area contributed by atoms with Crippen molar-refractivity contribution in [3.05, 3.63) is 48.0 Å². The van der Waals surface area contributed by atoms with Gasteiger partial charge in [-0.15, -0.1) is 0 Å². The van der Waals surface area contributed by atoms with Crippen molar-refractivity contribution in [1.29, 1.82) is 0 Å². The van der Waals surface area contributed by atoms with Crippen molar-refractivity contribution in [1.82, 2.24) is 9.21 Å². The van der Waals surface area contributed by atoms with Crippen molar-refractivity contribution in [2.75, 3.05) is 32.4 Å². The molecule has 8 heteroatoms. The Morgan fingerprint density at radius 3 is 2.44 bits per heavy atom. The maximum Gasteiger partial charge on any atom is 0.289 e. The first-order chi connectivity index (χ1) is 11.8. The largest absolute Gasteiger partial charge is 0.451 e. The lowest BCUT2D eigenvalue weighted by atomic mass is 10.2. The van der Waals surface area contributed by atoms with Crippen LogP contribution in [0.1, 0.15) is 17.0 Å². The molecule has 0 spiro atoms. The highest BCUT2D eigenvalue weighted by molar-refractivity contribution is 7.88. The molecule has 1 aliphatic heterocycles. The lowest BCUT2D eigenvalue weighted by molar-refractivity contribution is 0.0733. The zero-order valence-corrected chi connectivity index (χ0v) is 14.6. The van der Waals surface area contributed by atoms with Crippen LogP contribution in [0.3, 0.4) is 0 Å². The van der Waals surface area contributed by atoms with Crippen LogP contribution < -0.4 is 0 Å². The molecule has 0 bridgehead atoms. The molecule has 0 aliphatic carbocycles. The second-order valence-electron chi connectivity index (χ2n) is 5.98. The second kappa shape index (κ2) is 6.97. The zero-order chi connectivity index (χ0) is 18.0. The van der Waals surface area contributed by atoms with E-state index in [1.165, 1.54) is 22.7 Å². The van der Waals surface area contributed by atoms with E-state index in [0.29, 0.717) is 37.4 Å². The molecule has 2 heterocycles. The lowest BCUT2D eigenvalue weighted by Gasteiger charge is -2.19. The highest BCUT2D eigenvalue weighted by atomic mass is 32.2. The SMILES string of the molecule is CS(=O)(=O)N1CCCN(C(=O)c2ccc(-c3ccc(F)cc3)o2)CC1. The first-order valence-electron chi connectivity index (χ1n) is 7.95. The highest BCUT2D eigenvalue weighted by Crippen LogP contribution is 2.23. The van der Waals surface area contributed by atoms with E-state index in [-0.39, 0.29) is 24.0 Å². The van der Waals surface area contributed by atoms with Gasteiger partial charge in [0.25, 0.3) is 5.91 Å². The zero-order valence-electron chi connectivity index (χ0n) is 13.8.